The Morgan fingerprint density at radius 1 is 0.714 bits per heavy atom. The van der Waals surface area contributed by atoms with Crippen molar-refractivity contribution in [1.82, 2.24) is 0 Å². The largest absolute Gasteiger partial charge is 0.470 e. The maximum absolute atomic E-state index is 5.05. The average molecular weight is 188 g/mol. The van der Waals surface area contributed by atoms with Gasteiger partial charge in [0, 0.05) is 12.1 Å². The molecule has 0 aliphatic heterocycles. The van der Waals surface area contributed by atoms with Crippen molar-refractivity contribution in [2.75, 3.05) is 0 Å². The second-order valence-corrected chi connectivity index (χ2v) is 2.49. The second-order valence-electron chi connectivity index (χ2n) is 2.49. The molecule has 0 bridgehead atoms. The van der Waals surface area contributed by atoms with E-state index in [9.17, 15) is 0 Å². The van der Waals surface area contributed by atoms with Gasteiger partial charge < -0.3 is 0 Å². The van der Waals surface area contributed by atoms with Gasteiger partial charge in [-0.15, -0.1) is 0 Å². The molecular formula is C10H8N2O2+2. The zero-order valence-electron chi connectivity index (χ0n) is 7.33. The first-order valence-corrected chi connectivity index (χ1v) is 4.10. The van der Waals surface area contributed by atoms with Crippen LogP contribution in [0.1, 0.15) is 0 Å². The minimum atomic E-state index is 0.437. The summed E-state index contributed by atoms with van der Waals surface area (Å²) in [5.74, 6) is 0.873. The Bertz CT molecular complexity index is 373. The van der Waals surface area contributed by atoms with Gasteiger partial charge in [-0.2, -0.15) is 8.83 Å². The summed E-state index contributed by atoms with van der Waals surface area (Å²) in [6.45, 7) is 0. The fraction of sp³-hybridized carbons (Fsp3) is 0. The van der Waals surface area contributed by atoms with Crippen LogP contribution in [-0.4, -0.2) is 0 Å². The Balaban J connectivity index is 2.16. The molecule has 0 fully saturated rings. The number of nitrogens with zero attached hydrogens (tertiary/aromatic N) is 2. The lowest BCUT2D eigenvalue weighted by molar-refractivity contribution is 0.539. The van der Waals surface area contributed by atoms with Crippen LogP contribution < -0.4 is 0 Å². The third-order valence-corrected chi connectivity index (χ3v) is 1.48. The summed E-state index contributed by atoms with van der Waals surface area (Å²) in [6.07, 6.45) is 3.08. The van der Waals surface area contributed by atoms with Crippen molar-refractivity contribution in [1.29, 1.82) is 0 Å². The van der Waals surface area contributed by atoms with Gasteiger partial charge in [0.25, 0.3) is 0 Å². The number of hydrogen-bond acceptors (Lipinski definition) is 2. The second kappa shape index (κ2) is 4.23. The molecule has 0 aliphatic carbocycles. The highest BCUT2D eigenvalue weighted by Gasteiger charge is 2.05. The third-order valence-electron chi connectivity index (χ3n) is 1.48. The van der Waals surface area contributed by atoms with Crippen molar-refractivity contribution in [3.05, 3.63) is 48.9 Å². The first kappa shape index (κ1) is 8.50. The monoisotopic (exact) mass is 188 g/mol. The molecule has 0 atom stereocenters. The molecule has 0 saturated carbocycles. The van der Waals surface area contributed by atoms with E-state index in [0.29, 0.717) is 11.8 Å². The number of hydrogen-bond donors (Lipinski definition) is 0. The predicted octanol–water partition coefficient (Wildman–Crippen LogP) is 3.85. The van der Waals surface area contributed by atoms with Gasteiger partial charge in [0.05, 0.1) is 12.1 Å². The minimum Gasteiger partial charge on any atom is -0.194 e. The summed E-state index contributed by atoms with van der Waals surface area (Å²) in [6, 6.07) is 10.6. The molecule has 0 amide bonds. The quantitative estimate of drug-likeness (QED) is 0.530. The van der Waals surface area contributed by atoms with Crippen molar-refractivity contribution in [2.24, 2.45) is 10.2 Å². The van der Waals surface area contributed by atoms with Crippen LogP contribution in [0.5, 0.6) is 0 Å². The van der Waals surface area contributed by atoms with E-state index in [0.717, 1.165) is 0 Å². The van der Waals surface area contributed by atoms with Crippen LogP contribution in [0.2, 0.25) is 0 Å². The van der Waals surface area contributed by atoms with Gasteiger partial charge in [0.15, 0.2) is 0 Å². The van der Waals surface area contributed by atoms with E-state index in [-0.39, 0.29) is 0 Å². The normalized spacial score (nSPS) is 10.6. The Morgan fingerprint density at radius 3 is 1.57 bits per heavy atom. The topological polar surface area (TPSA) is 47.3 Å². The zero-order valence-corrected chi connectivity index (χ0v) is 7.33. The van der Waals surface area contributed by atoms with Gasteiger partial charge in [-0.25, -0.2) is 0 Å². The van der Waals surface area contributed by atoms with Crippen LogP contribution in [0.3, 0.4) is 0 Å². The van der Waals surface area contributed by atoms with Crippen molar-refractivity contribution in [2.45, 2.75) is 0 Å². The van der Waals surface area contributed by atoms with Gasteiger partial charge in [-0.05, 0) is 22.4 Å². The molecule has 0 aromatic carbocycles. The van der Waals surface area contributed by atoms with E-state index in [1.807, 2.05) is 12.1 Å². The van der Waals surface area contributed by atoms with Gasteiger partial charge in [-0.1, -0.05) is 0 Å². The van der Waals surface area contributed by atoms with E-state index in [1.165, 1.54) is 12.5 Å². The molecule has 0 spiro atoms. The van der Waals surface area contributed by atoms with Crippen LogP contribution in [0.15, 0.2) is 68.0 Å². The maximum atomic E-state index is 5.05. The summed E-state index contributed by atoms with van der Waals surface area (Å²) < 4.78 is 10.1. The minimum absolute atomic E-state index is 0.437. The highest BCUT2D eigenvalue weighted by Crippen LogP contribution is 2.16. The van der Waals surface area contributed by atoms with Gasteiger partial charge in [-0.3, -0.25) is 0 Å². The zero-order chi connectivity index (χ0) is 9.64. The van der Waals surface area contributed by atoms with Gasteiger partial charge >= 0.3 is 24.3 Å². The van der Waals surface area contributed by atoms with Gasteiger partial charge in [0.1, 0.15) is 0 Å². The van der Waals surface area contributed by atoms with Crippen molar-refractivity contribution >= 4 is 11.8 Å². The van der Waals surface area contributed by atoms with E-state index in [2.05, 4.69) is 10.2 Å². The first-order valence-electron chi connectivity index (χ1n) is 4.10. The molecule has 68 valence electrons. The summed E-state index contributed by atoms with van der Waals surface area (Å²) in [7, 11) is 0. The maximum Gasteiger partial charge on any atom is 0.470 e. The lowest BCUT2D eigenvalue weighted by atomic mass is 10.5. The summed E-state index contributed by atoms with van der Waals surface area (Å²) in [4.78, 5) is 0. The molecule has 0 N–H and O–H groups in total. The fourth-order valence-corrected chi connectivity index (χ4v) is 0.875. The highest BCUT2D eigenvalue weighted by molar-refractivity contribution is 5.23. The standard InChI is InChI=1S/C10H8N2O2/c1-3-7-13-9(5-1)11-12-10-6-2-4-8-14-10/h1-8H/q+2. The lowest BCUT2D eigenvalue weighted by Crippen LogP contribution is -1.62. The molecular weight excluding hydrogens is 180 g/mol. The summed E-state index contributed by atoms with van der Waals surface area (Å²) in [5.41, 5.74) is 0. The molecule has 2 aromatic rings. The van der Waals surface area contributed by atoms with Gasteiger partial charge in [0.2, 0.25) is 0 Å². The Morgan fingerprint density at radius 2 is 1.21 bits per heavy atom. The lowest BCUT2D eigenvalue weighted by Gasteiger charge is -1.75. The Hall–Kier alpha value is -2.10. The SMILES string of the molecule is c1ccc(N=Nc2cccc[o+]2)[o+]c1. The van der Waals surface area contributed by atoms with Crippen LogP contribution in [0.25, 0.3) is 0 Å². The van der Waals surface area contributed by atoms with E-state index in [4.69, 9.17) is 8.83 Å². The molecule has 14 heavy (non-hydrogen) atoms. The van der Waals surface area contributed by atoms with E-state index >= 15 is 0 Å². The number of rotatable bonds is 2. The average Bonchev–Trinajstić information content (AvgIpc) is 2.29. The smallest absolute Gasteiger partial charge is 0.194 e. The van der Waals surface area contributed by atoms with Crippen molar-refractivity contribution in [3.63, 3.8) is 0 Å². The number of azo groups is 1. The molecule has 2 heterocycles. The molecule has 2 rings (SSSR count). The molecule has 0 aliphatic rings. The first-order chi connectivity index (χ1) is 6.95. The third kappa shape index (κ3) is 2.20. The summed E-state index contributed by atoms with van der Waals surface area (Å²) in [5, 5.41) is 7.68. The molecule has 0 saturated heterocycles. The Kier molecular flexibility index (Phi) is 2.56. The van der Waals surface area contributed by atoms with Crippen LogP contribution in [-0.2, 0) is 0 Å². The van der Waals surface area contributed by atoms with Crippen molar-refractivity contribution in [3.8, 4) is 0 Å². The molecule has 0 radical (unpaired) electrons. The fourth-order valence-electron chi connectivity index (χ4n) is 0.875. The van der Waals surface area contributed by atoms with Crippen LogP contribution >= 0.6 is 0 Å². The highest BCUT2D eigenvalue weighted by atomic mass is 16.3. The van der Waals surface area contributed by atoms with Crippen LogP contribution in [0.4, 0.5) is 11.8 Å². The predicted molar refractivity (Wildman–Crippen MR) is 50.4 cm³/mol. The molecule has 4 nitrogen and oxygen atoms in total. The molecule has 0 unspecified atom stereocenters. The van der Waals surface area contributed by atoms with E-state index < -0.39 is 0 Å². The molecule has 4 heteroatoms. The van der Waals surface area contributed by atoms with Crippen LogP contribution in [0, 0.1) is 0 Å². The van der Waals surface area contributed by atoms with Crippen molar-refractivity contribution < 1.29 is 8.83 Å². The van der Waals surface area contributed by atoms with E-state index in [1.54, 1.807) is 24.3 Å². The summed E-state index contributed by atoms with van der Waals surface area (Å²) >= 11 is 0. The molecule has 2 aromatic heterocycles. The Labute approximate surface area is 80.5 Å².